The summed E-state index contributed by atoms with van der Waals surface area (Å²) in [4.78, 5) is 3.40. The average Bonchev–Trinajstić information content (AvgIpc) is 3.20. The monoisotopic (exact) mass is 391 g/mol. The fraction of sp³-hybridized carbons (Fsp3) is 0.292. The van der Waals surface area contributed by atoms with Crippen molar-refractivity contribution >= 4 is 17.4 Å². The highest BCUT2D eigenvalue weighted by molar-refractivity contribution is 7.78. The molecule has 2 aromatic rings. The standard InChI is InChI=1S/C24H19F2NS/c25-23-15-21(13-14-27-17-28)16-24(26)22(23)12-11-20-9-7-19(8-10-20)6-5-18-3-1-2-4-18/h7-10,15-16,18H,1-6H2. The van der Waals surface area contributed by atoms with E-state index in [1.807, 2.05) is 24.3 Å². The quantitative estimate of drug-likeness (QED) is 0.360. The highest BCUT2D eigenvalue weighted by Gasteiger charge is 2.14. The Labute approximate surface area is 169 Å². The van der Waals surface area contributed by atoms with E-state index in [-0.39, 0.29) is 11.1 Å². The van der Waals surface area contributed by atoms with E-state index in [0.717, 1.165) is 30.0 Å². The summed E-state index contributed by atoms with van der Waals surface area (Å²) in [5.74, 6) is 7.26. The van der Waals surface area contributed by atoms with Crippen LogP contribution in [0, 0.1) is 41.4 Å². The molecule has 0 amide bonds. The van der Waals surface area contributed by atoms with Crippen molar-refractivity contribution < 1.29 is 8.78 Å². The molecule has 0 saturated heterocycles. The van der Waals surface area contributed by atoms with Gasteiger partial charge in [-0.25, -0.2) is 8.78 Å². The predicted molar refractivity (Wildman–Crippen MR) is 111 cm³/mol. The molecule has 0 spiro atoms. The molecule has 140 valence electrons. The first-order chi connectivity index (χ1) is 13.7. The summed E-state index contributed by atoms with van der Waals surface area (Å²) in [6.07, 6.45) is 7.72. The third kappa shape index (κ3) is 5.61. The van der Waals surface area contributed by atoms with Crippen LogP contribution in [0.15, 0.2) is 41.4 Å². The zero-order valence-corrected chi connectivity index (χ0v) is 16.2. The molecule has 0 aliphatic heterocycles. The maximum Gasteiger partial charge on any atom is 0.143 e. The van der Waals surface area contributed by atoms with Crippen molar-refractivity contribution in [2.75, 3.05) is 0 Å². The van der Waals surface area contributed by atoms with Crippen molar-refractivity contribution in [1.82, 2.24) is 0 Å². The Bertz CT molecular complexity index is 984. The van der Waals surface area contributed by atoms with Gasteiger partial charge in [-0.2, -0.15) is 0 Å². The van der Waals surface area contributed by atoms with Crippen LogP contribution in [0.25, 0.3) is 0 Å². The second-order valence-corrected chi connectivity index (χ2v) is 7.07. The van der Waals surface area contributed by atoms with Gasteiger partial charge in [0.2, 0.25) is 0 Å². The number of rotatable bonds is 3. The highest BCUT2D eigenvalue weighted by Crippen LogP contribution is 2.28. The normalized spacial score (nSPS) is 13.1. The molecule has 0 bridgehead atoms. The zero-order chi connectivity index (χ0) is 19.8. The Morgan fingerprint density at radius 1 is 0.929 bits per heavy atom. The van der Waals surface area contributed by atoms with E-state index < -0.39 is 11.6 Å². The van der Waals surface area contributed by atoms with Crippen LogP contribution in [0.2, 0.25) is 0 Å². The van der Waals surface area contributed by atoms with Gasteiger partial charge in [0.05, 0.1) is 16.8 Å². The fourth-order valence-corrected chi connectivity index (χ4v) is 3.48. The van der Waals surface area contributed by atoms with Gasteiger partial charge in [-0.3, -0.25) is 0 Å². The topological polar surface area (TPSA) is 12.4 Å². The zero-order valence-electron chi connectivity index (χ0n) is 15.4. The minimum absolute atomic E-state index is 0.168. The van der Waals surface area contributed by atoms with E-state index in [1.54, 1.807) is 0 Å². The molecule has 0 unspecified atom stereocenters. The van der Waals surface area contributed by atoms with E-state index in [2.05, 4.69) is 46.2 Å². The first-order valence-corrected chi connectivity index (χ1v) is 9.74. The molecule has 0 radical (unpaired) electrons. The molecular formula is C24H19F2NS. The van der Waals surface area contributed by atoms with Gasteiger partial charge in [0.1, 0.15) is 11.6 Å². The third-order valence-corrected chi connectivity index (χ3v) is 5.04. The van der Waals surface area contributed by atoms with Gasteiger partial charge in [-0.1, -0.05) is 49.7 Å². The number of aryl methyl sites for hydroxylation is 1. The molecule has 0 heterocycles. The number of aliphatic imine (C=N–C) groups is 1. The van der Waals surface area contributed by atoms with E-state index in [9.17, 15) is 8.78 Å². The largest absolute Gasteiger partial charge is 0.205 e. The van der Waals surface area contributed by atoms with Gasteiger partial charge < -0.3 is 0 Å². The van der Waals surface area contributed by atoms with Gasteiger partial charge in [-0.15, -0.1) is 4.99 Å². The fourth-order valence-electron chi connectivity index (χ4n) is 3.44. The van der Waals surface area contributed by atoms with Crippen molar-refractivity contribution in [3.8, 4) is 23.8 Å². The van der Waals surface area contributed by atoms with Crippen LogP contribution in [0.4, 0.5) is 8.78 Å². The summed E-state index contributed by atoms with van der Waals surface area (Å²) in [5, 5.41) is 2.07. The Hall–Kier alpha value is -2.78. The van der Waals surface area contributed by atoms with Crippen LogP contribution >= 0.6 is 12.2 Å². The summed E-state index contributed by atoms with van der Waals surface area (Å²) in [5.41, 5.74) is 1.90. The van der Waals surface area contributed by atoms with Crippen molar-refractivity contribution in [1.29, 1.82) is 0 Å². The molecule has 2 aromatic carbocycles. The second-order valence-electron chi connectivity index (χ2n) is 6.89. The molecule has 0 aromatic heterocycles. The predicted octanol–water partition coefficient (Wildman–Crippen LogP) is 5.90. The first-order valence-electron chi connectivity index (χ1n) is 9.33. The highest BCUT2D eigenvalue weighted by atomic mass is 32.1. The maximum atomic E-state index is 14.2. The molecule has 0 N–H and O–H groups in total. The lowest BCUT2D eigenvalue weighted by Gasteiger charge is -2.08. The van der Waals surface area contributed by atoms with Crippen LogP contribution < -0.4 is 0 Å². The molecular weight excluding hydrogens is 372 g/mol. The first kappa shape index (κ1) is 20.0. The summed E-state index contributed by atoms with van der Waals surface area (Å²) < 4.78 is 28.3. The molecule has 1 nitrogen and oxygen atoms in total. The Morgan fingerprint density at radius 2 is 1.61 bits per heavy atom. The molecule has 3 rings (SSSR count). The van der Waals surface area contributed by atoms with Crippen molar-refractivity contribution in [3.05, 3.63) is 70.3 Å². The SMILES string of the molecule is Fc1cc(C#CN=C=S)cc(F)c1C#Cc1ccc(CCC2CCCC2)cc1. The Balaban J connectivity index is 1.69. The van der Waals surface area contributed by atoms with Crippen molar-refractivity contribution in [2.24, 2.45) is 10.9 Å². The Kier molecular flexibility index (Phi) is 7.10. The smallest absolute Gasteiger partial charge is 0.143 e. The lowest BCUT2D eigenvalue weighted by Crippen LogP contribution is -1.96. The van der Waals surface area contributed by atoms with Crippen LogP contribution in [-0.2, 0) is 6.42 Å². The number of nitrogens with zero attached hydrogens (tertiary/aromatic N) is 1. The third-order valence-electron chi connectivity index (χ3n) is 4.95. The summed E-state index contributed by atoms with van der Waals surface area (Å²) in [6.45, 7) is 0. The van der Waals surface area contributed by atoms with Gasteiger partial charge in [0.25, 0.3) is 0 Å². The number of benzene rings is 2. The Morgan fingerprint density at radius 3 is 2.25 bits per heavy atom. The van der Waals surface area contributed by atoms with Gasteiger partial charge in [-0.05, 0) is 66.7 Å². The molecule has 1 fully saturated rings. The number of halogens is 2. The number of thiocarbonyl (C=S) groups is 1. The number of isothiocyanates is 1. The van der Waals surface area contributed by atoms with Gasteiger partial charge >= 0.3 is 0 Å². The van der Waals surface area contributed by atoms with E-state index in [4.69, 9.17) is 0 Å². The van der Waals surface area contributed by atoms with E-state index in [1.165, 1.54) is 37.7 Å². The lowest BCUT2D eigenvalue weighted by atomic mass is 9.98. The van der Waals surface area contributed by atoms with Crippen molar-refractivity contribution in [3.63, 3.8) is 0 Å². The van der Waals surface area contributed by atoms with Crippen molar-refractivity contribution in [2.45, 2.75) is 38.5 Å². The minimum Gasteiger partial charge on any atom is -0.205 e. The van der Waals surface area contributed by atoms with Crippen LogP contribution in [0.3, 0.4) is 0 Å². The van der Waals surface area contributed by atoms with Crippen LogP contribution in [-0.4, -0.2) is 5.16 Å². The molecule has 1 aliphatic rings. The molecule has 0 atom stereocenters. The molecule has 1 saturated carbocycles. The molecule has 4 heteroatoms. The number of hydrogen-bond acceptors (Lipinski definition) is 2. The minimum atomic E-state index is -0.753. The maximum absolute atomic E-state index is 14.2. The summed E-state index contributed by atoms with van der Waals surface area (Å²) in [6, 6.07) is 12.4. The van der Waals surface area contributed by atoms with Crippen LogP contribution in [0.1, 0.15) is 54.4 Å². The average molecular weight is 391 g/mol. The molecule has 1 aliphatic carbocycles. The lowest BCUT2D eigenvalue weighted by molar-refractivity contribution is 0.504. The van der Waals surface area contributed by atoms with E-state index in [0.29, 0.717) is 0 Å². The number of hydrogen-bond donors (Lipinski definition) is 0. The molecule has 28 heavy (non-hydrogen) atoms. The second kappa shape index (κ2) is 9.95. The van der Waals surface area contributed by atoms with Gasteiger partial charge in [0.15, 0.2) is 0 Å². The van der Waals surface area contributed by atoms with Gasteiger partial charge in [0, 0.05) is 11.1 Å². The van der Waals surface area contributed by atoms with E-state index >= 15 is 0 Å². The summed E-state index contributed by atoms with van der Waals surface area (Å²) in [7, 11) is 0. The van der Waals surface area contributed by atoms with Crippen LogP contribution in [0.5, 0.6) is 0 Å². The summed E-state index contributed by atoms with van der Waals surface area (Å²) >= 11 is 4.38.